The van der Waals surface area contributed by atoms with Crippen molar-refractivity contribution in [2.45, 2.75) is 19.3 Å². The summed E-state index contributed by atoms with van der Waals surface area (Å²) >= 11 is 4.20. The fourth-order valence-corrected chi connectivity index (χ4v) is 1.59. The summed E-state index contributed by atoms with van der Waals surface area (Å²) in [6, 6.07) is 0. The van der Waals surface area contributed by atoms with Gasteiger partial charge in [-0.1, -0.05) is 0 Å². The van der Waals surface area contributed by atoms with Gasteiger partial charge in [-0.25, -0.2) is 0 Å². The molecule has 1 amide bonds. The lowest BCUT2D eigenvalue weighted by Gasteiger charge is -2.10. The second-order valence-electron chi connectivity index (χ2n) is 3.41. The fraction of sp³-hybridized carbons (Fsp3) is 0.875. The third-order valence-electron chi connectivity index (χ3n) is 2.26. The molecule has 1 aliphatic rings. The molecule has 2 N–H and O–H groups in total. The Morgan fingerprint density at radius 1 is 1.58 bits per heavy atom. The first kappa shape index (κ1) is 9.86. The molecule has 0 radical (unpaired) electrons. The molecule has 12 heavy (non-hydrogen) atoms. The number of amides is 1. The summed E-state index contributed by atoms with van der Waals surface area (Å²) in [7, 11) is 0. The van der Waals surface area contributed by atoms with Crippen molar-refractivity contribution in [1.29, 1.82) is 0 Å². The topological polar surface area (TPSA) is 49.3 Å². The van der Waals surface area contributed by atoms with Gasteiger partial charge in [0.1, 0.15) is 0 Å². The van der Waals surface area contributed by atoms with E-state index in [1.165, 1.54) is 0 Å². The summed E-state index contributed by atoms with van der Waals surface area (Å²) in [5.74, 6) is 0.829. The van der Waals surface area contributed by atoms with Gasteiger partial charge in [0, 0.05) is 13.0 Å². The van der Waals surface area contributed by atoms with E-state index in [2.05, 4.69) is 17.9 Å². The average molecular weight is 189 g/mol. The van der Waals surface area contributed by atoms with Crippen LogP contribution in [0.25, 0.3) is 0 Å². The Bertz CT molecular complexity index is 168. The van der Waals surface area contributed by atoms with Crippen LogP contribution in [0.5, 0.6) is 0 Å². The minimum Gasteiger partial charge on any atom is -0.395 e. The summed E-state index contributed by atoms with van der Waals surface area (Å²) in [6.07, 6.45) is 2.79. The highest BCUT2D eigenvalue weighted by Gasteiger charge is 2.42. The van der Waals surface area contributed by atoms with Gasteiger partial charge in [-0.15, -0.1) is 0 Å². The van der Waals surface area contributed by atoms with E-state index in [0.29, 0.717) is 13.0 Å². The van der Waals surface area contributed by atoms with Gasteiger partial charge in [0.05, 0.1) is 6.61 Å². The van der Waals surface area contributed by atoms with Crippen LogP contribution in [0, 0.1) is 5.41 Å². The second-order valence-corrected chi connectivity index (χ2v) is 3.72. The first-order valence-electron chi connectivity index (χ1n) is 4.21. The smallest absolute Gasteiger partial charge is 0.220 e. The third kappa shape index (κ3) is 2.68. The molecule has 1 aliphatic carbocycles. The molecule has 70 valence electrons. The lowest BCUT2D eigenvalue weighted by molar-refractivity contribution is -0.122. The van der Waals surface area contributed by atoms with Gasteiger partial charge in [-0.3, -0.25) is 4.79 Å². The normalized spacial score (nSPS) is 18.8. The van der Waals surface area contributed by atoms with Gasteiger partial charge < -0.3 is 10.4 Å². The summed E-state index contributed by atoms with van der Waals surface area (Å²) in [5, 5.41) is 11.1. The minimum atomic E-state index is 0.0135. The van der Waals surface area contributed by atoms with Crippen molar-refractivity contribution in [3.05, 3.63) is 0 Å². The van der Waals surface area contributed by atoms with Crippen molar-refractivity contribution in [3.63, 3.8) is 0 Å². The SMILES string of the molecule is O=C(CC1(CS)CC1)NCCO. The maximum atomic E-state index is 11.2. The van der Waals surface area contributed by atoms with Crippen molar-refractivity contribution < 1.29 is 9.90 Å². The molecule has 0 aliphatic heterocycles. The molecule has 1 fully saturated rings. The largest absolute Gasteiger partial charge is 0.395 e. The van der Waals surface area contributed by atoms with Gasteiger partial charge in [-0.05, 0) is 24.0 Å². The molecule has 0 spiro atoms. The predicted octanol–water partition coefficient (Wildman–Crippen LogP) is 0.195. The number of rotatable bonds is 5. The number of aliphatic hydroxyl groups is 1. The van der Waals surface area contributed by atoms with Gasteiger partial charge in [0.15, 0.2) is 0 Å². The first-order chi connectivity index (χ1) is 5.72. The zero-order chi connectivity index (χ0) is 9.03. The zero-order valence-electron chi connectivity index (χ0n) is 7.05. The Balaban J connectivity index is 2.17. The van der Waals surface area contributed by atoms with E-state index in [9.17, 15) is 4.79 Å². The number of hydrogen-bond acceptors (Lipinski definition) is 3. The molecule has 0 atom stereocenters. The first-order valence-corrected chi connectivity index (χ1v) is 4.84. The molecule has 0 aromatic carbocycles. The van der Waals surface area contributed by atoms with Crippen LogP contribution in [0.4, 0.5) is 0 Å². The van der Waals surface area contributed by atoms with Crippen LogP contribution in [-0.2, 0) is 4.79 Å². The molecule has 0 heterocycles. The molecular formula is C8H15NO2S. The molecule has 1 rings (SSSR count). The standard InChI is InChI=1S/C8H15NO2S/c10-4-3-9-7(11)5-8(6-12)1-2-8/h10,12H,1-6H2,(H,9,11). The molecule has 3 nitrogen and oxygen atoms in total. The Morgan fingerprint density at radius 2 is 2.25 bits per heavy atom. The molecule has 0 bridgehead atoms. The Morgan fingerprint density at radius 3 is 2.67 bits per heavy atom. The molecule has 0 unspecified atom stereocenters. The molecule has 0 aromatic rings. The fourth-order valence-electron chi connectivity index (χ4n) is 1.17. The van der Waals surface area contributed by atoms with Crippen LogP contribution < -0.4 is 5.32 Å². The summed E-state index contributed by atoms with van der Waals surface area (Å²) in [4.78, 5) is 11.2. The van der Waals surface area contributed by atoms with Crippen molar-refractivity contribution >= 4 is 18.5 Å². The highest BCUT2D eigenvalue weighted by atomic mass is 32.1. The number of carbonyl (C=O) groups is 1. The minimum absolute atomic E-state index is 0.0135. The Kier molecular flexibility index (Phi) is 3.40. The number of carbonyl (C=O) groups excluding carboxylic acids is 1. The highest BCUT2D eigenvalue weighted by Crippen LogP contribution is 2.49. The van der Waals surface area contributed by atoms with E-state index in [1.54, 1.807) is 0 Å². The van der Waals surface area contributed by atoms with Gasteiger partial charge in [-0.2, -0.15) is 12.6 Å². The van der Waals surface area contributed by atoms with Crippen molar-refractivity contribution in [1.82, 2.24) is 5.32 Å². The van der Waals surface area contributed by atoms with Gasteiger partial charge in [0.25, 0.3) is 0 Å². The van der Waals surface area contributed by atoms with Crippen LogP contribution in [0.3, 0.4) is 0 Å². The third-order valence-corrected chi connectivity index (χ3v) is 2.93. The van der Waals surface area contributed by atoms with E-state index < -0.39 is 0 Å². The van der Waals surface area contributed by atoms with Gasteiger partial charge >= 0.3 is 0 Å². The van der Waals surface area contributed by atoms with Gasteiger partial charge in [0.2, 0.25) is 5.91 Å². The van der Waals surface area contributed by atoms with Crippen LogP contribution in [0.15, 0.2) is 0 Å². The molecule has 0 aromatic heterocycles. The van der Waals surface area contributed by atoms with Crippen molar-refractivity contribution in [2.75, 3.05) is 18.9 Å². The quantitative estimate of drug-likeness (QED) is 0.541. The van der Waals surface area contributed by atoms with Crippen LogP contribution in [-0.4, -0.2) is 29.9 Å². The Labute approximate surface area is 77.9 Å². The lowest BCUT2D eigenvalue weighted by atomic mass is 10.1. The molecule has 1 saturated carbocycles. The number of hydrogen-bond donors (Lipinski definition) is 3. The van der Waals surface area contributed by atoms with Crippen LogP contribution in [0.1, 0.15) is 19.3 Å². The maximum absolute atomic E-state index is 11.2. The van der Waals surface area contributed by atoms with Crippen molar-refractivity contribution in [3.8, 4) is 0 Å². The Hall–Kier alpha value is -0.220. The van der Waals surface area contributed by atoms with Crippen LogP contribution in [0.2, 0.25) is 0 Å². The van der Waals surface area contributed by atoms with E-state index in [1.807, 2.05) is 0 Å². The van der Waals surface area contributed by atoms with E-state index in [-0.39, 0.29) is 17.9 Å². The molecule has 0 saturated heterocycles. The monoisotopic (exact) mass is 189 g/mol. The summed E-state index contributed by atoms with van der Waals surface area (Å²) in [6.45, 7) is 0.376. The van der Waals surface area contributed by atoms with E-state index in [0.717, 1.165) is 18.6 Å². The van der Waals surface area contributed by atoms with E-state index in [4.69, 9.17) is 5.11 Å². The van der Waals surface area contributed by atoms with Crippen LogP contribution >= 0.6 is 12.6 Å². The number of aliphatic hydroxyl groups excluding tert-OH is 1. The zero-order valence-corrected chi connectivity index (χ0v) is 7.94. The van der Waals surface area contributed by atoms with E-state index >= 15 is 0 Å². The number of nitrogens with one attached hydrogen (secondary N) is 1. The predicted molar refractivity (Wildman–Crippen MR) is 50.2 cm³/mol. The summed E-state index contributed by atoms with van der Waals surface area (Å²) in [5.41, 5.74) is 0.183. The average Bonchev–Trinajstić information content (AvgIpc) is 2.82. The number of thiol groups is 1. The highest BCUT2D eigenvalue weighted by molar-refractivity contribution is 7.80. The lowest BCUT2D eigenvalue weighted by Crippen LogP contribution is -2.29. The maximum Gasteiger partial charge on any atom is 0.220 e. The molecule has 4 heteroatoms. The van der Waals surface area contributed by atoms with Crippen molar-refractivity contribution in [2.24, 2.45) is 5.41 Å². The summed E-state index contributed by atoms with van der Waals surface area (Å²) < 4.78 is 0. The second kappa shape index (κ2) is 4.14. The molecular weight excluding hydrogens is 174 g/mol.